The third-order valence-corrected chi connectivity index (χ3v) is 9.83. The fraction of sp³-hybridized carbons (Fsp3) is 0.317. The Bertz CT molecular complexity index is 2520. The summed E-state index contributed by atoms with van der Waals surface area (Å²) in [7, 11) is 1.35. The molecule has 0 bridgehead atoms. The lowest BCUT2D eigenvalue weighted by atomic mass is 10.00. The molecule has 0 radical (unpaired) electrons. The number of likely N-dealkylation sites (tertiary alicyclic amines) is 1. The summed E-state index contributed by atoms with van der Waals surface area (Å²) in [5.74, 6) is -3.59. The van der Waals surface area contributed by atoms with E-state index in [1.807, 2.05) is 0 Å². The summed E-state index contributed by atoms with van der Waals surface area (Å²) in [6.45, 7) is -4.06. The van der Waals surface area contributed by atoms with E-state index in [1.54, 1.807) is 0 Å². The van der Waals surface area contributed by atoms with E-state index in [1.165, 1.54) is 67.5 Å². The molecule has 1 amide bonds. The van der Waals surface area contributed by atoms with Gasteiger partial charge >= 0.3 is 6.18 Å². The van der Waals surface area contributed by atoms with Gasteiger partial charge in [0.1, 0.15) is 6.54 Å². The number of hydrogen-bond acceptors (Lipinski definition) is 5. The molecule has 12 heteroatoms. The Morgan fingerprint density at radius 1 is 1.00 bits per heavy atom. The van der Waals surface area contributed by atoms with Crippen molar-refractivity contribution < 1.29 is 42.4 Å². The number of nitrogens with zero attached hydrogens (tertiary/aromatic N) is 3. The number of alkyl halides is 3. The Morgan fingerprint density at radius 2 is 1.68 bits per heavy atom. The van der Waals surface area contributed by atoms with Crippen LogP contribution in [0, 0.1) is 18.6 Å². The molecule has 6 rings (SSSR count). The van der Waals surface area contributed by atoms with Gasteiger partial charge in [0.05, 0.1) is 30.9 Å². The first-order chi connectivity index (χ1) is 28.6. The number of fused-ring (bicyclic) bond motifs is 1. The highest BCUT2D eigenvalue weighted by Gasteiger charge is 2.31. The van der Waals surface area contributed by atoms with Crippen molar-refractivity contribution in [3.05, 3.63) is 135 Å². The topological polar surface area (TPSA) is 54.8 Å². The van der Waals surface area contributed by atoms with Crippen LogP contribution in [0.4, 0.5) is 22.0 Å². The van der Waals surface area contributed by atoms with Crippen molar-refractivity contribution in [3.8, 4) is 11.1 Å². The van der Waals surface area contributed by atoms with E-state index < -0.39 is 89.8 Å². The molecule has 4 aromatic carbocycles. The number of piperidine rings is 1. The van der Waals surface area contributed by atoms with Crippen molar-refractivity contribution in [1.82, 2.24) is 14.4 Å². The predicted molar refractivity (Wildman–Crippen MR) is 198 cm³/mol. The molecule has 0 N–H and O–H groups in total. The van der Waals surface area contributed by atoms with Gasteiger partial charge in [-0.2, -0.15) is 13.2 Å². The largest absolute Gasteiger partial charge is 0.416 e. The second kappa shape index (κ2) is 16.7. The molecule has 0 saturated carbocycles. The Hall–Kier alpha value is -4.52. The maximum atomic E-state index is 15.0. The second-order valence-corrected chi connectivity index (χ2v) is 13.4. The number of halogens is 5. The summed E-state index contributed by atoms with van der Waals surface area (Å²) >= 11 is 0.696. The van der Waals surface area contributed by atoms with Crippen LogP contribution in [0.1, 0.15) is 46.1 Å². The molecular formula is C41H40F5N3O3S. The van der Waals surface area contributed by atoms with Gasteiger partial charge in [0.2, 0.25) is 5.91 Å². The maximum absolute atomic E-state index is 15.0. The van der Waals surface area contributed by atoms with Gasteiger partial charge in [-0.05, 0) is 72.3 Å². The van der Waals surface area contributed by atoms with Crippen LogP contribution < -0.4 is 5.43 Å². The Balaban J connectivity index is 1.46. The molecule has 2 heterocycles. The van der Waals surface area contributed by atoms with Crippen LogP contribution >= 0.6 is 11.8 Å². The number of methoxy groups -OCH3 is 1. The number of thioether (sulfide) groups is 1. The number of carbonyl (C=O) groups excluding carboxylic acids is 1. The highest BCUT2D eigenvalue weighted by atomic mass is 32.2. The number of amides is 1. The highest BCUT2D eigenvalue weighted by molar-refractivity contribution is 7.98. The van der Waals surface area contributed by atoms with E-state index in [4.69, 9.17) is 13.0 Å². The SMILES string of the molecule is [2H]c1c(C)c([2H])c2c(c1[2H])c(=O)c([2H])c(SCc1cccc(F)c1F)n2CC(=O)N(C1CCN(C([2H])([2H])COC)CC1)C([2H])([2H])c1ccc(-c2ccc(C(F)(F)F)cc2)cc1. The summed E-state index contributed by atoms with van der Waals surface area (Å²) in [6.07, 6.45) is -4.39. The molecule has 0 spiro atoms. The predicted octanol–water partition coefficient (Wildman–Crippen LogP) is 8.71. The van der Waals surface area contributed by atoms with Crippen molar-refractivity contribution in [1.29, 1.82) is 0 Å². The number of carbonyl (C=O) groups is 1. The fourth-order valence-corrected chi connectivity index (χ4v) is 6.98. The van der Waals surface area contributed by atoms with Crippen LogP contribution in [0.3, 0.4) is 0 Å². The average molecular weight is 758 g/mol. The molecule has 278 valence electrons. The number of ether oxygens (including phenoxy) is 1. The number of benzene rings is 4. The van der Waals surface area contributed by atoms with Gasteiger partial charge in [-0.1, -0.05) is 54.6 Å². The van der Waals surface area contributed by atoms with Gasteiger partial charge in [-0.3, -0.25) is 9.59 Å². The first kappa shape index (κ1) is 28.9. The van der Waals surface area contributed by atoms with E-state index in [9.17, 15) is 34.3 Å². The number of rotatable bonds is 12. The van der Waals surface area contributed by atoms with E-state index in [2.05, 4.69) is 0 Å². The first-order valence-electron chi connectivity index (χ1n) is 20.6. The molecule has 1 aliphatic rings. The summed E-state index contributed by atoms with van der Waals surface area (Å²) in [6, 6.07) is 10.5. The lowest BCUT2D eigenvalue weighted by Crippen LogP contribution is -2.48. The van der Waals surface area contributed by atoms with Crippen molar-refractivity contribution in [2.75, 3.05) is 33.3 Å². The van der Waals surface area contributed by atoms with Gasteiger partial charge in [-0.15, -0.1) is 11.8 Å². The molecule has 1 aromatic heterocycles. The molecule has 0 atom stereocenters. The summed E-state index contributed by atoms with van der Waals surface area (Å²) in [5, 5.41) is -0.759. The first-order valence-corrected chi connectivity index (χ1v) is 17.6. The summed E-state index contributed by atoms with van der Waals surface area (Å²) in [4.78, 5) is 31.2. The summed E-state index contributed by atoms with van der Waals surface area (Å²) in [5.41, 5.74) is -1.50. The Labute approximate surface area is 320 Å². The zero-order chi connectivity index (χ0) is 44.8. The van der Waals surface area contributed by atoms with E-state index in [0.29, 0.717) is 22.9 Å². The van der Waals surface area contributed by atoms with Crippen LogP contribution in [0.25, 0.3) is 22.0 Å². The van der Waals surface area contributed by atoms with Crippen LogP contribution in [0.15, 0.2) is 101 Å². The van der Waals surface area contributed by atoms with E-state index in [0.717, 1.165) is 27.7 Å². The third kappa shape index (κ3) is 9.17. The Kier molecular flexibility index (Phi) is 9.09. The average Bonchev–Trinajstić information content (AvgIpc) is 3.21. The van der Waals surface area contributed by atoms with Crippen LogP contribution in [0.2, 0.25) is 0 Å². The van der Waals surface area contributed by atoms with Crippen molar-refractivity contribution in [3.63, 3.8) is 0 Å². The molecule has 0 unspecified atom stereocenters. The molecule has 1 saturated heterocycles. The van der Waals surface area contributed by atoms with Crippen LogP contribution in [0.5, 0.6) is 0 Å². The van der Waals surface area contributed by atoms with Crippen LogP contribution in [-0.2, 0) is 34.5 Å². The number of aromatic nitrogens is 1. The zero-order valence-electron chi connectivity index (χ0n) is 36.7. The molecule has 6 nitrogen and oxygen atoms in total. The van der Waals surface area contributed by atoms with E-state index in [-0.39, 0.29) is 65.5 Å². The van der Waals surface area contributed by atoms with Gasteiger partial charge in [0, 0.05) is 64.7 Å². The standard InChI is InChI=1S/C41H40F5N3O3S/c1-27-6-15-34-36(22-27)49(39(23-37(34)50)53-26-31-4-3-5-35(42)40(31)43)25-38(51)48(33-16-18-47(19-17-33)20-21-52-2)24-28-7-9-29(10-8-28)30-11-13-32(14-12-30)41(44,45)46/h3-15,22-23,33H,16-21,24-26H2,1-2H3/i6D,15D,20D2,22D,23D,24D2. The molecule has 1 aliphatic heterocycles. The molecule has 53 heavy (non-hydrogen) atoms. The lowest BCUT2D eigenvalue weighted by molar-refractivity contribution is -0.137. The quantitative estimate of drug-likeness (QED) is 0.0942. The van der Waals surface area contributed by atoms with Gasteiger partial charge in [0.15, 0.2) is 17.1 Å². The van der Waals surface area contributed by atoms with Crippen LogP contribution in [-0.4, -0.2) is 59.6 Å². The van der Waals surface area contributed by atoms with Crippen molar-refractivity contribution in [2.24, 2.45) is 0 Å². The molecule has 5 aromatic rings. The number of hydrogen-bond donors (Lipinski definition) is 0. The zero-order valence-corrected chi connectivity index (χ0v) is 29.6. The van der Waals surface area contributed by atoms with Gasteiger partial charge < -0.3 is 19.1 Å². The maximum Gasteiger partial charge on any atom is 0.416 e. The second-order valence-electron chi connectivity index (χ2n) is 12.4. The van der Waals surface area contributed by atoms with E-state index >= 15 is 0 Å². The van der Waals surface area contributed by atoms with Gasteiger partial charge in [0.25, 0.3) is 0 Å². The summed E-state index contributed by atoms with van der Waals surface area (Å²) < 4.78 is 146. The highest BCUT2D eigenvalue weighted by Crippen LogP contribution is 2.32. The third-order valence-electron chi connectivity index (χ3n) is 8.78. The van der Waals surface area contributed by atoms with Crippen molar-refractivity contribution >= 4 is 28.6 Å². The monoisotopic (exact) mass is 757 g/mol. The molecular weight excluding hydrogens is 710 g/mol. The molecule has 0 aliphatic carbocycles. The van der Waals surface area contributed by atoms with Crippen molar-refractivity contribution in [2.45, 2.75) is 55.8 Å². The Morgan fingerprint density at radius 3 is 2.34 bits per heavy atom. The smallest absolute Gasteiger partial charge is 0.383 e. The minimum atomic E-state index is -4.55. The number of pyridine rings is 1. The lowest BCUT2D eigenvalue weighted by Gasteiger charge is -2.39. The molecule has 1 fully saturated rings. The minimum Gasteiger partial charge on any atom is -0.383 e. The normalized spacial score (nSPS) is 16.9. The fourth-order valence-electron chi connectivity index (χ4n) is 5.99. The van der Waals surface area contributed by atoms with Gasteiger partial charge in [-0.25, -0.2) is 8.78 Å². The minimum absolute atomic E-state index is 0.0269.